The number of aliphatic hydroxyl groups is 1. The summed E-state index contributed by atoms with van der Waals surface area (Å²) in [5, 5.41) is 14.8. The smallest absolute Gasteiger partial charge is 0.315 e. The molecule has 1 atom stereocenters. The van der Waals surface area contributed by atoms with Crippen LogP contribution in [0.2, 0.25) is 0 Å². The molecule has 5 nitrogen and oxygen atoms in total. The normalized spacial score (nSPS) is 18.0. The molecular formula is C18H27FN2O3. The summed E-state index contributed by atoms with van der Waals surface area (Å²) in [5.41, 5.74) is 0.588. The van der Waals surface area contributed by atoms with E-state index in [1.165, 1.54) is 6.07 Å². The highest BCUT2D eigenvalue weighted by Crippen LogP contribution is 2.34. The number of carbonyl (C=O) groups is 1. The van der Waals surface area contributed by atoms with Gasteiger partial charge in [0.2, 0.25) is 0 Å². The third kappa shape index (κ3) is 4.92. The molecule has 2 amide bonds. The van der Waals surface area contributed by atoms with E-state index in [1.807, 2.05) is 13.0 Å². The number of carbonyl (C=O) groups excluding carboxylic acids is 1. The molecule has 2 rings (SSSR count). The molecular weight excluding hydrogens is 311 g/mol. The fourth-order valence-corrected chi connectivity index (χ4v) is 3.17. The minimum atomic E-state index is -0.309. The van der Waals surface area contributed by atoms with Crippen LogP contribution in [0.25, 0.3) is 0 Å². The summed E-state index contributed by atoms with van der Waals surface area (Å²) in [6.45, 7) is 3.64. The van der Waals surface area contributed by atoms with Gasteiger partial charge in [0.05, 0.1) is 0 Å². The molecule has 0 aromatic heterocycles. The zero-order valence-electron chi connectivity index (χ0n) is 14.2. The minimum absolute atomic E-state index is 0.0450. The molecule has 1 aromatic carbocycles. The standard InChI is InChI=1S/C18H27FN2O3/c1-2-16(6-9-22)21-17(23)20-13-18(7-10-24-11-8-18)14-4-3-5-15(19)12-14/h3-5,12,16,22H,2,6-11,13H2,1H3,(H2,20,21,23). The predicted molar refractivity (Wildman–Crippen MR) is 90.4 cm³/mol. The number of hydrogen-bond donors (Lipinski definition) is 3. The molecule has 1 saturated heterocycles. The summed E-state index contributed by atoms with van der Waals surface area (Å²) in [6, 6.07) is 6.29. The van der Waals surface area contributed by atoms with Crippen molar-refractivity contribution in [3.63, 3.8) is 0 Å². The molecule has 134 valence electrons. The Morgan fingerprint density at radius 3 is 2.79 bits per heavy atom. The van der Waals surface area contributed by atoms with Gasteiger partial charge >= 0.3 is 6.03 Å². The SMILES string of the molecule is CCC(CCO)NC(=O)NCC1(c2cccc(F)c2)CCOCC1. The Morgan fingerprint density at radius 1 is 1.42 bits per heavy atom. The van der Waals surface area contributed by atoms with E-state index in [2.05, 4.69) is 10.6 Å². The maximum atomic E-state index is 13.6. The molecule has 1 aliphatic heterocycles. The second-order valence-corrected chi connectivity index (χ2v) is 6.35. The first-order valence-corrected chi connectivity index (χ1v) is 8.58. The van der Waals surface area contributed by atoms with E-state index >= 15 is 0 Å². The van der Waals surface area contributed by atoms with Crippen LogP contribution in [0.3, 0.4) is 0 Å². The average Bonchev–Trinajstić information content (AvgIpc) is 2.60. The lowest BCUT2D eigenvalue weighted by Crippen LogP contribution is -2.49. The molecule has 1 heterocycles. The van der Waals surface area contributed by atoms with E-state index in [0.29, 0.717) is 26.2 Å². The molecule has 1 unspecified atom stereocenters. The fraction of sp³-hybridized carbons (Fsp3) is 0.611. The van der Waals surface area contributed by atoms with Crippen LogP contribution in [0.5, 0.6) is 0 Å². The lowest BCUT2D eigenvalue weighted by Gasteiger charge is -2.38. The van der Waals surface area contributed by atoms with Crippen LogP contribution in [0.15, 0.2) is 24.3 Å². The Bertz CT molecular complexity index is 533. The van der Waals surface area contributed by atoms with Crippen molar-refractivity contribution in [2.75, 3.05) is 26.4 Å². The summed E-state index contributed by atoms with van der Waals surface area (Å²) in [6.07, 6.45) is 2.78. The first-order chi connectivity index (χ1) is 11.6. The van der Waals surface area contributed by atoms with Crippen LogP contribution in [-0.2, 0) is 10.2 Å². The Kier molecular flexibility index (Phi) is 6.99. The first kappa shape index (κ1) is 18.7. The van der Waals surface area contributed by atoms with Gasteiger partial charge in [-0.3, -0.25) is 0 Å². The lowest BCUT2D eigenvalue weighted by molar-refractivity contribution is 0.0505. The summed E-state index contributed by atoms with van der Waals surface area (Å²) in [4.78, 5) is 12.2. The molecule has 1 fully saturated rings. The Morgan fingerprint density at radius 2 is 2.17 bits per heavy atom. The van der Waals surface area contributed by atoms with E-state index in [1.54, 1.807) is 12.1 Å². The number of urea groups is 1. The van der Waals surface area contributed by atoms with Crippen molar-refractivity contribution >= 4 is 6.03 Å². The number of nitrogens with one attached hydrogen (secondary N) is 2. The number of benzene rings is 1. The van der Waals surface area contributed by atoms with Gasteiger partial charge in [0.25, 0.3) is 0 Å². The minimum Gasteiger partial charge on any atom is -0.396 e. The molecule has 0 aliphatic carbocycles. The van der Waals surface area contributed by atoms with Gasteiger partial charge in [-0.1, -0.05) is 19.1 Å². The fourth-order valence-electron chi connectivity index (χ4n) is 3.17. The van der Waals surface area contributed by atoms with E-state index in [-0.39, 0.29) is 29.9 Å². The lowest BCUT2D eigenvalue weighted by atomic mass is 9.74. The van der Waals surface area contributed by atoms with Gasteiger partial charge < -0.3 is 20.5 Å². The van der Waals surface area contributed by atoms with Crippen LogP contribution in [0.4, 0.5) is 9.18 Å². The Hall–Kier alpha value is -1.66. The second kappa shape index (κ2) is 8.99. The van der Waals surface area contributed by atoms with Crippen LogP contribution in [0.1, 0.15) is 38.2 Å². The van der Waals surface area contributed by atoms with Crippen LogP contribution >= 0.6 is 0 Å². The maximum Gasteiger partial charge on any atom is 0.315 e. The van der Waals surface area contributed by atoms with Crippen molar-refractivity contribution in [1.82, 2.24) is 10.6 Å². The highest BCUT2D eigenvalue weighted by Gasteiger charge is 2.35. The summed E-state index contributed by atoms with van der Waals surface area (Å²) < 4.78 is 19.1. The van der Waals surface area contributed by atoms with Crippen molar-refractivity contribution < 1.29 is 19.0 Å². The van der Waals surface area contributed by atoms with Crippen molar-refractivity contribution in [3.05, 3.63) is 35.6 Å². The molecule has 0 radical (unpaired) electrons. The van der Waals surface area contributed by atoms with E-state index in [9.17, 15) is 9.18 Å². The number of hydrogen-bond acceptors (Lipinski definition) is 3. The molecule has 24 heavy (non-hydrogen) atoms. The quantitative estimate of drug-likeness (QED) is 0.715. The molecule has 0 bridgehead atoms. The van der Waals surface area contributed by atoms with Crippen LogP contribution in [-0.4, -0.2) is 43.5 Å². The summed E-state index contributed by atoms with van der Waals surface area (Å²) in [5.74, 6) is -0.267. The molecule has 1 aromatic rings. The van der Waals surface area contributed by atoms with Gasteiger partial charge in [-0.2, -0.15) is 0 Å². The van der Waals surface area contributed by atoms with Crippen molar-refractivity contribution in [2.24, 2.45) is 0 Å². The molecule has 6 heteroatoms. The van der Waals surface area contributed by atoms with Gasteiger partial charge in [0.15, 0.2) is 0 Å². The molecule has 0 spiro atoms. The molecule has 0 saturated carbocycles. The summed E-state index contributed by atoms with van der Waals surface area (Å²) in [7, 11) is 0. The highest BCUT2D eigenvalue weighted by molar-refractivity contribution is 5.74. The first-order valence-electron chi connectivity index (χ1n) is 8.58. The topological polar surface area (TPSA) is 70.6 Å². The maximum absolute atomic E-state index is 13.6. The van der Waals surface area contributed by atoms with Crippen molar-refractivity contribution in [1.29, 1.82) is 0 Å². The highest BCUT2D eigenvalue weighted by atomic mass is 19.1. The average molecular weight is 338 g/mol. The summed E-state index contributed by atoms with van der Waals surface area (Å²) >= 11 is 0. The van der Waals surface area contributed by atoms with E-state index in [0.717, 1.165) is 24.8 Å². The molecule has 3 N–H and O–H groups in total. The number of halogens is 1. The largest absolute Gasteiger partial charge is 0.396 e. The third-order valence-electron chi connectivity index (χ3n) is 4.78. The van der Waals surface area contributed by atoms with E-state index in [4.69, 9.17) is 9.84 Å². The van der Waals surface area contributed by atoms with Crippen molar-refractivity contribution in [3.8, 4) is 0 Å². The van der Waals surface area contributed by atoms with Crippen LogP contribution < -0.4 is 10.6 Å². The number of rotatable bonds is 7. The van der Waals surface area contributed by atoms with Crippen LogP contribution in [0, 0.1) is 5.82 Å². The number of aliphatic hydroxyl groups excluding tert-OH is 1. The number of amides is 2. The second-order valence-electron chi connectivity index (χ2n) is 6.35. The van der Waals surface area contributed by atoms with Gasteiger partial charge in [-0.25, -0.2) is 9.18 Å². The van der Waals surface area contributed by atoms with Gasteiger partial charge in [0, 0.05) is 37.8 Å². The van der Waals surface area contributed by atoms with Crippen molar-refractivity contribution in [2.45, 2.75) is 44.1 Å². The van der Waals surface area contributed by atoms with Gasteiger partial charge in [0.1, 0.15) is 5.82 Å². The Balaban J connectivity index is 2.03. The van der Waals surface area contributed by atoms with E-state index < -0.39 is 0 Å². The van der Waals surface area contributed by atoms with Gasteiger partial charge in [-0.05, 0) is 43.4 Å². The molecule has 1 aliphatic rings. The zero-order valence-corrected chi connectivity index (χ0v) is 14.2. The number of ether oxygens (including phenoxy) is 1. The zero-order chi connectivity index (χ0) is 17.4. The predicted octanol–water partition coefficient (Wildman–Crippen LogP) is 2.33. The third-order valence-corrected chi connectivity index (χ3v) is 4.78. The Labute approximate surface area is 142 Å². The monoisotopic (exact) mass is 338 g/mol. The van der Waals surface area contributed by atoms with Gasteiger partial charge in [-0.15, -0.1) is 0 Å².